The van der Waals surface area contributed by atoms with E-state index in [-0.39, 0.29) is 5.54 Å². The van der Waals surface area contributed by atoms with Gasteiger partial charge in [0.15, 0.2) is 0 Å². The van der Waals surface area contributed by atoms with E-state index in [4.69, 9.17) is 5.73 Å². The van der Waals surface area contributed by atoms with Crippen molar-refractivity contribution in [3.05, 3.63) is 42.8 Å². The van der Waals surface area contributed by atoms with Gasteiger partial charge in [0, 0.05) is 5.54 Å². The fourth-order valence-electron chi connectivity index (χ4n) is 1.61. The summed E-state index contributed by atoms with van der Waals surface area (Å²) in [5, 5.41) is 0. The van der Waals surface area contributed by atoms with E-state index in [0.29, 0.717) is 0 Å². The lowest BCUT2D eigenvalue weighted by Gasteiger charge is -2.28. The molecule has 1 rings (SSSR count). The van der Waals surface area contributed by atoms with Crippen molar-refractivity contribution in [2.24, 2.45) is 5.73 Å². The highest BCUT2D eigenvalue weighted by Gasteiger charge is 2.23. The van der Waals surface area contributed by atoms with Gasteiger partial charge in [0.25, 0.3) is 0 Å². The van der Waals surface area contributed by atoms with Crippen LogP contribution >= 0.6 is 0 Å². The van der Waals surface area contributed by atoms with Crippen molar-refractivity contribution >= 4 is 0 Å². The molecule has 0 aromatic heterocycles. The van der Waals surface area contributed by atoms with E-state index in [1.807, 2.05) is 18.2 Å². The van der Waals surface area contributed by atoms with Crippen molar-refractivity contribution < 1.29 is 0 Å². The van der Waals surface area contributed by atoms with Gasteiger partial charge in [-0.25, -0.2) is 0 Å². The first-order chi connectivity index (χ1) is 6.23. The molecule has 0 saturated heterocycles. The van der Waals surface area contributed by atoms with Gasteiger partial charge < -0.3 is 5.73 Å². The van der Waals surface area contributed by atoms with Crippen molar-refractivity contribution in [1.29, 1.82) is 0 Å². The zero-order valence-electron chi connectivity index (χ0n) is 8.29. The molecule has 0 spiro atoms. The third-order valence-electron chi connectivity index (χ3n) is 2.60. The topological polar surface area (TPSA) is 26.0 Å². The van der Waals surface area contributed by atoms with Gasteiger partial charge in [-0.3, -0.25) is 0 Å². The van der Waals surface area contributed by atoms with Gasteiger partial charge in [-0.2, -0.15) is 0 Å². The Morgan fingerprint density at radius 2 is 1.92 bits per heavy atom. The largest absolute Gasteiger partial charge is 0.321 e. The minimum Gasteiger partial charge on any atom is -0.321 e. The molecule has 0 aliphatic heterocycles. The van der Waals surface area contributed by atoms with E-state index in [9.17, 15) is 0 Å². The third-order valence-corrected chi connectivity index (χ3v) is 2.60. The molecule has 0 fully saturated rings. The molecule has 13 heavy (non-hydrogen) atoms. The van der Waals surface area contributed by atoms with E-state index >= 15 is 0 Å². The van der Waals surface area contributed by atoms with Gasteiger partial charge >= 0.3 is 0 Å². The Kier molecular flexibility index (Phi) is 3.49. The molecular formula is C12H18N. The number of benzene rings is 1. The molecule has 0 heterocycles. The van der Waals surface area contributed by atoms with Crippen LogP contribution in [-0.4, -0.2) is 0 Å². The standard InChI is InChI=1S/C12H18N/c1-3-10-12(13,4-2)11-8-6-5-7-9-11/h5-9H,1,3-4,10,13H2,2H3. The maximum atomic E-state index is 6.29. The third kappa shape index (κ3) is 2.31. The maximum Gasteiger partial charge on any atom is 0.0407 e. The van der Waals surface area contributed by atoms with Gasteiger partial charge in [0.1, 0.15) is 0 Å². The molecule has 0 bridgehead atoms. The molecule has 2 N–H and O–H groups in total. The van der Waals surface area contributed by atoms with Crippen LogP contribution in [0.4, 0.5) is 0 Å². The molecule has 1 unspecified atom stereocenters. The minimum absolute atomic E-state index is 0.178. The normalized spacial score (nSPS) is 15.3. The summed E-state index contributed by atoms with van der Waals surface area (Å²) in [5.41, 5.74) is 7.33. The molecule has 1 atom stereocenters. The number of hydrogen-bond donors (Lipinski definition) is 1. The monoisotopic (exact) mass is 176 g/mol. The molecule has 0 saturated carbocycles. The summed E-state index contributed by atoms with van der Waals surface area (Å²) in [5.74, 6) is 0. The van der Waals surface area contributed by atoms with Gasteiger partial charge in [-0.15, -0.1) is 0 Å². The Balaban J connectivity index is 2.89. The molecule has 1 aromatic carbocycles. The summed E-state index contributed by atoms with van der Waals surface area (Å²) in [7, 11) is 0. The lowest BCUT2D eigenvalue weighted by molar-refractivity contribution is 0.397. The zero-order valence-corrected chi connectivity index (χ0v) is 8.29. The van der Waals surface area contributed by atoms with E-state index in [1.54, 1.807) is 0 Å². The highest BCUT2D eigenvalue weighted by molar-refractivity contribution is 5.23. The van der Waals surface area contributed by atoms with Gasteiger partial charge in [0.05, 0.1) is 0 Å². The summed E-state index contributed by atoms with van der Waals surface area (Å²) >= 11 is 0. The fraction of sp³-hybridized carbons (Fsp3) is 0.417. The first kappa shape index (κ1) is 10.3. The molecule has 1 heteroatoms. The van der Waals surface area contributed by atoms with Crippen LogP contribution < -0.4 is 5.73 Å². The van der Waals surface area contributed by atoms with E-state index in [2.05, 4.69) is 26.0 Å². The van der Waals surface area contributed by atoms with E-state index in [1.165, 1.54) is 5.56 Å². The van der Waals surface area contributed by atoms with Crippen LogP contribution in [0, 0.1) is 6.92 Å². The van der Waals surface area contributed by atoms with Crippen LogP contribution in [0.1, 0.15) is 31.7 Å². The van der Waals surface area contributed by atoms with Crippen LogP contribution in [-0.2, 0) is 5.54 Å². The summed E-state index contributed by atoms with van der Waals surface area (Å²) in [6.07, 6.45) is 2.80. The van der Waals surface area contributed by atoms with Crippen molar-refractivity contribution in [3.63, 3.8) is 0 Å². The second-order valence-electron chi connectivity index (χ2n) is 3.48. The number of rotatable bonds is 4. The molecule has 1 radical (unpaired) electrons. The number of hydrogen-bond acceptors (Lipinski definition) is 1. The van der Waals surface area contributed by atoms with Crippen molar-refractivity contribution in [2.75, 3.05) is 0 Å². The smallest absolute Gasteiger partial charge is 0.0407 e. The lowest BCUT2D eigenvalue weighted by atomic mass is 9.84. The van der Waals surface area contributed by atoms with Crippen LogP contribution in [0.3, 0.4) is 0 Å². The van der Waals surface area contributed by atoms with Crippen molar-refractivity contribution in [3.8, 4) is 0 Å². The second kappa shape index (κ2) is 4.43. The Hall–Kier alpha value is -0.820. The van der Waals surface area contributed by atoms with E-state index in [0.717, 1.165) is 19.3 Å². The van der Waals surface area contributed by atoms with Gasteiger partial charge in [-0.1, -0.05) is 50.6 Å². The van der Waals surface area contributed by atoms with Crippen LogP contribution in [0.5, 0.6) is 0 Å². The SMILES string of the molecule is [CH2]CCC(N)(CC)c1ccccc1. The predicted molar refractivity (Wildman–Crippen MR) is 57.2 cm³/mol. The predicted octanol–water partition coefficient (Wildman–Crippen LogP) is 2.86. The van der Waals surface area contributed by atoms with Gasteiger partial charge in [-0.05, 0) is 18.4 Å². The zero-order chi connectivity index (χ0) is 9.73. The van der Waals surface area contributed by atoms with Crippen LogP contribution in [0.2, 0.25) is 0 Å². The highest BCUT2D eigenvalue weighted by Crippen LogP contribution is 2.26. The fourth-order valence-corrected chi connectivity index (χ4v) is 1.61. The molecule has 1 aromatic rings. The Morgan fingerprint density at radius 3 is 2.38 bits per heavy atom. The Morgan fingerprint density at radius 1 is 1.31 bits per heavy atom. The quantitative estimate of drug-likeness (QED) is 0.750. The molecule has 71 valence electrons. The molecule has 0 aliphatic carbocycles. The average Bonchev–Trinajstić information content (AvgIpc) is 2.19. The lowest BCUT2D eigenvalue weighted by Crippen LogP contribution is -2.35. The summed E-state index contributed by atoms with van der Waals surface area (Å²) in [4.78, 5) is 0. The Bertz CT molecular complexity index is 243. The van der Waals surface area contributed by atoms with E-state index < -0.39 is 0 Å². The first-order valence-corrected chi connectivity index (χ1v) is 4.86. The number of nitrogens with two attached hydrogens (primary N) is 1. The van der Waals surface area contributed by atoms with Crippen molar-refractivity contribution in [2.45, 2.75) is 31.7 Å². The Labute approximate surface area is 81.0 Å². The second-order valence-corrected chi connectivity index (χ2v) is 3.48. The maximum absolute atomic E-state index is 6.29. The van der Waals surface area contributed by atoms with Gasteiger partial charge in [0.2, 0.25) is 0 Å². The average molecular weight is 176 g/mol. The van der Waals surface area contributed by atoms with Crippen molar-refractivity contribution in [1.82, 2.24) is 0 Å². The first-order valence-electron chi connectivity index (χ1n) is 4.86. The minimum atomic E-state index is -0.178. The molecule has 0 amide bonds. The summed E-state index contributed by atoms with van der Waals surface area (Å²) in [6, 6.07) is 10.3. The molecular weight excluding hydrogens is 158 g/mol. The van der Waals surface area contributed by atoms with Crippen LogP contribution in [0.25, 0.3) is 0 Å². The molecule has 0 aliphatic rings. The highest BCUT2D eigenvalue weighted by atomic mass is 14.7. The summed E-state index contributed by atoms with van der Waals surface area (Å²) in [6.45, 7) is 5.99. The summed E-state index contributed by atoms with van der Waals surface area (Å²) < 4.78 is 0. The molecule has 1 nitrogen and oxygen atoms in total. The van der Waals surface area contributed by atoms with Crippen LogP contribution in [0.15, 0.2) is 30.3 Å².